The molecule has 19 heavy (non-hydrogen) atoms. The lowest BCUT2D eigenvalue weighted by molar-refractivity contribution is -0.138. The molecule has 0 saturated heterocycles. The van der Waals surface area contributed by atoms with Crippen molar-refractivity contribution in [3.05, 3.63) is 29.3 Å². The number of aliphatic carboxylic acids is 1. The van der Waals surface area contributed by atoms with Gasteiger partial charge in [0.15, 0.2) is 0 Å². The van der Waals surface area contributed by atoms with E-state index >= 15 is 0 Å². The summed E-state index contributed by atoms with van der Waals surface area (Å²) >= 11 is 5.75. The monoisotopic (exact) mass is 286 g/mol. The van der Waals surface area contributed by atoms with Gasteiger partial charge in [0.2, 0.25) is 0 Å². The molecule has 1 aromatic carbocycles. The number of ether oxygens (including phenoxy) is 1. The number of carboxylic acid groups (broad SMARTS) is 1. The number of hydrogen-bond donors (Lipinski definition) is 2. The van der Waals surface area contributed by atoms with Crippen LogP contribution in [0, 0.1) is 0 Å². The topological polar surface area (TPSA) is 92.9 Å². The fourth-order valence-electron chi connectivity index (χ4n) is 1.52. The summed E-state index contributed by atoms with van der Waals surface area (Å²) in [5.74, 6) is -1.63. The van der Waals surface area contributed by atoms with Crippen LogP contribution in [0.3, 0.4) is 0 Å². The number of nitrogens with two attached hydrogens (primary N) is 1. The molecule has 3 N–H and O–H groups in total. The van der Waals surface area contributed by atoms with Crippen molar-refractivity contribution in [2.75, 3.05) is 25.1 Å². The van der Waals surface area contributed by atoms with E-state index in [9.17, 15) is 9.59 Å². The highest BCUT2D eigenvalue weighted by Gasteiger charge is 2.26. The van der Waals surface area contributed by atoms with Gasteiger partial charge >= 0.3 is 5.97 Å². The van der Waals surface area contributed by atoms with Crippen molar-refractivity contribution in [1.29, 1.82) is 0 Å². The number of halogens is 1. The zero-order chi connectivity index (χ0) is 14.4. The summed E-state index contributed by atoms with van der Waals surface area (Å²) in [5.41, 5.74) is 5.84. The van der Waals surface area contributed by atoms with Crippen molar-refractivity contribution in [2.24, 2.45) is 5.73 Å². The lowest BCUT2D eigenvalue weighted by atomic mass is 10.2. The first kappa shape index (κ1) is 15.4. The predicted octanol–water partition coefficient (Wildman–Crippen LogP) is 0.731. The van der Waals surface area contributed by atoms with E-state index in [1.165, 1.54) is 7.11 Å². The van der Waals surface area contributed by atoms with E-state index in [4.69, 9.17) is 27.2 Å². The number of anilines is 1. The minimum Gasteiger partial charge on any atom is -0.480 e. The molecule has 1 atom stereocenters. The largest absolute Gasteiger partial charge is 0.480 e. The second-order valence-corrected chi connectivity index (χ2v) is 4.19. The maximum absolute atomic E-state index is 12.2. The lowest BCUT2D eigenvalue weighted by Gasteiger charge is -2.24. The molecule has 0 fully saturated rings. The number of benzene rings is 1. The number of hydrogen-bond acceptors (Lipinski definition) is 4. The Morgan fingerprint density at radius 2 is 2.00 bits per heavy atom. The van der Waals surface area contributed by atoms with Crippen molar-refractivity contribution < 1.29 is 19.4 Å². The van der Waals surface area contributed by atoms with Gasteiger partial charge in [0.1, 0.15) is 12.6 Å². The standard InChI is InChI=1S/C12H15ClN2O4/c1-19-10(6-14)12(18)15(7-11(16)17)9-4-2-8(13)3-5-9/h2-5,10H,6-7,14H2,1H3,(H,16,17). The molecule has 1 aromatic rings. The van der Waals surface area contributed by atoms with Crippen molar-refractivity contribution in [1.82, 2.24) is 0 Å². The van der Waals surface area contributed by atoms with Crippen molar-refractivity contribution in [2.45, 2.75) is 6.10 Å². The van der Waals surface area contributed by atoms with Crippen LogP contribution in [0.25, 0.3) is 0 Å². The van der Waals surface area contributed by atoms with Gasteiger partial charge < -0.3 is 15.6 Å². The summed E-state index contributed by atoms with van der Waals surface area (Å²) in [6.07, 6.45) is -0.880. The van der Waals surface area contributed by atoms with Gasteiger partial charge in [-0.2, -0.15) is 0 Å². The van der Waals surface area contributed by atoms with Crippen LogP contribution in [0.5, 0.6) is 0 Å². The average Bonchev–Trinajstić information content (AvgIpc) is 2.38. The molecule has 0 spiro atoms. The van der Waals surface area contributed by atoms with E-state index in [2.05, 4.69) is 0 Å². The second-order valence-electron chi connectivity index (χ2n) is 3.75. The smallest absolute Gasteiger partial charge is 0.323 e. The molecule has 0 radical (unpaired) electrons. The Balaban J connectivity index is 3.03. The first-order chi connectivity index (χ1) is 8.99. The van der Waals surface area contributed by atoms with Crippen molar-refractivity contribution in [3.8, 4) is 0 Å². The Kier molecular flexibility index (Phi) is 5.75. The molecule has 0 aliphatic carbocycles. The Bertz CT molecular complexity index is 446. The molecule has 7 heteroatoms. The Morgan fingerprint density at radius 3 is 2.42 bits per heavy atom. The fraction of sp³-hybridized carbons (Fsp3) is 0.333. The van der Waals surface area contributed by atoms with Crippen LogP contribution >= 0.6 is 11.6 Å². The van der Waals surface area contributed by atoms with Gasteiger partial charge in [-0.3, -0.25) is 14.5 Å². The molecule has 1 amide bonds. The number of amides is 1. The number of rotatable bonds is 6. The highest BCUT2D eigenvalue weighted by molar-refractivity contribution is 6.30. The number of carbonyl (C=O) groups is 2. The van der Waals surface area contributed by atoms with Crippen LogP contribution in [0.4, 0.5) is 5.69 Å². The molecule has 1 unspecified atom stereocenters. The zero-order valence-electron chi connectivity index (χ0n) is 10.4. The van der Waals surface area contributed by atoms with E-state index in [1.54, 1.807) is 24.3 Å². The molecule has 0 aliphatic heterocycles. The highest BCUT2D eigenvalue weighted by atomic mass is 35.5. The van der Waals surface area contributed by atoms with Crippen LogP contribution in [0.15, 0.2) is 24.3 Å². The quantitative estimate of drug-likeness (QED) is 0.804. The lowest BCUT2D eigenvalue weighted by Crippen LogP contribution is -2.46. The zero-order valence-corrected chi connectivity index (χ0v) is 11.1. The summed E-state index contributed by atoms with van der Waals surface area (Å²) < 4.78 is 4.93. The van der Waals surface area contributed by atoms with Gasteiger partial charge in [-0.1, -0.05) is 11.6 Å². The molecule has 0 heterocycles. The minimum absolute atomic E-state index is 0.0287. The SMILES string of the molecule is COC(CN)C(=O)N(CC(=O)O)c1ccc(Cl)cc1. The molecule has 104 valence electrons. The molecule has 0 aliphatic rings. The summed E-state index contributed by atoms with van der Waals surface area (Å²) in [7, 11) is 1.34. The van der Waals surface area contributed by atoms with Gasteiger partial charge in [0.05, 0.1) is 0 Å². The summed E-state index contributed by atoms with van der Waals surface area (Å²) in [5, 5.41) is 9.38. The van der Waals surface area contributed by atoms with Crippen molar-refractivity contribution >= 4 is 29.2 Å². The van der Waals surface area contributed by atoms with E-state index in [0.29, 0.717) is 10.7 Å². The van der Waals surface area contributed by atoms with Gasteiger partial charge in [-0.05, 0) is 24.3 Å². The Hall–Kier alpha value is -1.63. The van der Waals surface area contributed by atoms with Gasteiger partial charge in [0.25, 0.3) is 5.91 Å². The fourth-order valence-corrected chi connectivity index (χ4v) is 1.65. The minimum atomic E-state index is -1.13. The molecular formula is C12H15ClN2O4. The third-order valence-corrected chi connectivity index (χ3v) is 2.72. The summed E-state index contributed by atoms with van der Waals surface area (Å²) in [6, 6.07) is 6.27. The third-order valence-electron chi connectivity index (χ3n) is 2.47. The van der Waals surface area contributed by atoms with Crippen LogP contribution < -0.4 is 10.6 Å². The summed E-state index contributed by atoms with van der Waals surface area (Å²) in [4.78, 5) is 24.1. The van der Waals surface area contributed by atoms with Gasteiger partial charge in [-0.15, -0.1) is 0 Å². The van der Waals surface area contributed by atoms with E-state index in [1.807, 2.05) is 0 Å². The summed E-state index contributed by atoms with van der Waals surface area (Å²) in [6.45, 7) is -0.501. The Morgan fingerprint density at radius 1 is 1.42 bits per heavy atom. The third kappa shape index (κ3) is 4.20. The van der Waals surface area contributed by atoms with Crippen LogP contribution in [0.2, 0.25) is 5.02 Å². The normalized spacial score (nSPS) is 11.9. The van der Waals surface area contributed by atoms with Gasteiger partial charge in [0, 0.05) is 24.4 Å². The molecule has 0 saturated carbocycles. The first-order valence-corrected chi connectivity index (χ1v) is 5.89. The van der Waals surface area contributed by atoms with E-state index in [-0.39, 0.29) is 6.54 Å². The Labute approximate surface area is 115 Å². The van der Waals surface area contributed by atoms with E-state index < -0.39 is 24.5 Å². The second kappa shape index (κ2) is 7.08. The van der Waals surface area contributed by atoms with Crippen LogP contribution in [-0.2, 0) is 14.3 Å². The molecule has 6 nitrogen and oxygen atoms in total. The predicted molar refractivity (Wildman–Crippen MR) is 71.3 cm³/mol. The number of methoxy groups -OCH3 is 1. The van der Waals surface area contributed by atoms with E-state index in [0.717, 1.165) is 4.90 Å². The highest BCUT2D eigenvalue weighted by Crippen LogP contribution is 2.19. The maximum atomic E-state index is 12.2. The van der Waals surface area contributed by atoms with Crippen LogP contribution in [0.1, 0.15) is 0 Å². The van der Waals surface area contributed by atoms with Gasteiger partial charge in [-0.25, -0.2) is 0 Å². The number of nitrogens with zero attached hydrogens (tertiary/aromatic N) is 1. The number of carboxylic acids is 1. The van der Waals surface area contributed by atoms with Crippen molar-refractivity contribution in [3.63, 3.8) is 0 Å². The van der Waals surface area contributed by atoms with Crippen LogP contribution in [-0.4, -0.2) is 43.3 Å². The molecule has 0 aromatic heterocycles. The number of carbonyl (C=O) groups excluding carboxylic acids is 1. The molecule has 1 rings (SSSR count). The molecular weight excluding hydrogens is 272 g/mol. The molecule has 0 bridgehead atoms. The maximum Gasteiger partial charge on any atom is 0.323 e. The average molecular weight is 287 g/mol. The first-order valence-electron chi connectivity index (χ1n) is 5.51.